The Bertz CT molecular complexity index is 410. The van der Waals surface area contributed by atoms with Gasteiger partial charge in [0.25, 0.3) is 0 Å². The number of fused-ring (bicyclic) bond motifs is 1. The second-order valence-electron chi connectivity index (χ2n) is 4.76. The number of alkyl halides is 3. The lowest BCUT2D eigenvalue weighted by molar-refractivity contribution is -0.138. The Morgan fingerprint density at radius 3 is 2.53 bits per heavy atom. The molecule has 0 bridgehead atoms. The molecule has 1 aromatic rings. The van der Waals surface area contributed by atoms with Gasteiger partial charge in [0.2, 0.25) is 0 Å². The Balaban J connectivity index is 2.40. The fourth-order valence-corrected chi connectivity index (χ4v) is 2.31. The van der Waals surface area contributed by atoms with Gasteiger partial charge in [-0.25, -0.2) is 0 Å². The summed E-state index contributed by atoms with van der Waals surface area (Å²) in [6.07, 6.45) is -3.54. The number of rotatable bonds is 1. The minimum atomic E-state index is -4.24. The van der Waals surface area contributed by atoms with E-state index in [1.165, 1.54) is 12.1 Å². The van der Waals surface area contributed by atoms with Crippen molar-refractivity contribution in [3.05, 3.63) is 34.9 Å². The molecule has 0 fully saturated rings. The van der Waals surface area contributed by atoms with E-state index in [4.69, 9.17) is 0 Å². The van der Waals surface area contributed by atoms with Gasteiger partial charge in [0.1, 0.15) is 0 Å². The van der Waals surface area contributed by atoms with Gasteiger partial charge in [-0.15, -0.1) is 0 Å². The highest BCUT2D eigenvalue weighted by Gasteiger charge is 2.35. The van der Waals surface area contributed by atoms with Crippen LogP contribution in [0.5, 0.6) is 0 Å². The van der Waals surface area contributed by atoms with Crippen LogP contribution in [0.15, 0.2) is 18.2 Å². The topological polar surface area (TPSA) is 3.24 Å². The van der Waals surface area contributed by atoms with Crippen molar-refractivity contribution >= 4 is 0 Å². The molecule has 0 spiro atoms. The second kappa shape index (κ2) is 4.33. The van der Waals surface area contributed by atoms with E-state index in [0.717, 1.165) is 12.1 Å². The predicted octanol–water partition coefficient (Wildman–Crippen LogP) is 3.47. The summed E-state index contributed by atoms with van der Waals surface area (Å²) in [5.41, 5.74) is 0.831. The van der Waals surface area contributed by atoms with Crippen LogP contribution in [0.2, 0.25) is 0 Å². The van der Waals surface area contributed by atoms with Crippen LogP contribution in [-0.4, -0.2) is 17.5 Å². The first-order valence-electron chi connectivity index (χ1n) is 5.81. The molecule has 0 amide bonds. The third kappa shape index (κ3) is 2.46. The van der Waals surface area contributed by atoms with Crippen molar-refractivity contribution in [2.24, 2.45) is 0 Å². The van der Waals surface area contributed by atoms with Crippen molar-refractivity contribution in [1.29, 1.82) is 0 Å². The van der Waals surface area contributed by atoms with Crippen molar-refractivity contribution < 1.29 is 13.2 Å². The molecule has 1 aromatic carbocycles. The van der Waals surface area contributed by atoms with E-state index >= 15 is 0 Å². The third-order valence-corrected chi connectivity index (χ3v) is 3.34. The van der Waals surface area contributed by atoms with Crippen LogP contribution in [0.4, 0.5) is 13.2 Å². The molecule has 4 heteroatoms. The van der Waals surface area contributed by atoms with Gasteiger partial charge in [-0.3, -0.25) is 4.90 Å². The minimum Gasteiger partial charge on any atom is -0.296 e. The predicted molar refractivity (Wildman–Crippen MR) is 60.7 cm³/mol. The third-order valence-electron chi connectivity index (χ3n) is 3.34. The smallest absolute Gasteiger partial charge is 0.296 e. The van der Waals surface area contributed by atoms with Crippen molar-refractivity contribution in [3.8, 4) is 0 Å². The van der Waals surface area contributed by atoms with E-state index in [1.54, 1.807) is 0 Å². The van der Waals surface area contributed by atoms with Crippen LogP contribution in [0.1, 0.15) is 30.5 Å². The maximum Gasteiger partial charge on any atom is 0.416 e. The standard InChI is InChI=1S/C13H16F3N/c1-9(2)17-7-6-10-4-3-5-12(11(10)8-17)13(14,15)16/h3-5,9H,6-8H2,1-2H3. The van der Waals surface area contributed by atoms with Gasteiger partial charge in [-0.2, -0.15) is 13.2 Å². The van der Waals surface area contributed by atoms with Crippen LogP contribution in [0, 0.1) is 0 Å². The molecule has 0 aliphatic carbocycles. The molecule has 0 atom stereocenters. The molecule has 0 radical (unpaired) electrons. The monoisotopic (exact) mass is 243 g/mol. The van der Waals surface area contributed by atoms with Gasteiger partial charge in [-0.05, 0) is 37.5 Å². The summed E-state index contributed by atoms with van der Waals surface area (Å²) in [7, 11) is 0. The molecule has 94 valence electrons. The van der Waals surface area contributed by atoms with Gasteiger partial charge >= 0.3 is 6.18 Å². The summed E-state index contributed by atoms with van der Waals surface area (Å²) < 4.78 is 38.7. The van der Waals surface area contributed by atoms with Gasteiger partial charge in [-0.1, -0.05) is 12.1 Å². The largest absolute Gasteiger partial charge is 0.416 e. The molecular weight excluding hydrogens is 227 g/mol. The highest BCUT2D eigenvalue weighted by molar-refractivity contribution is 5.38. The normalized spacial score (nSPS) is 17.3. The summed E-state index contributed by atoms with van der Waals surface area (Å²) in [4.78, 5) is 2.08. The molecule has 0 N–H and O–H groups in total. The van der Waals surface area contributed by atoms with Crippen LogP contribution in [0.3, 0.4) is 0 Å². The number of hydrogen-bond donors (Lipinski definition) is 0. The van der Waals surface area contributed by atoms with Crippen molar-refractivity contribution in [2.45, 2.75) is 39.0 Å². The number of benzene rings is 1. The molecule has 1 heterocycles. The van der Waals surface area contributed by atoms with E-state index in [0.29, 0.717) is 18.5 Å². The zero-order valence-corrected chi connectivity index (χ0v) is 10.0. The molecular formula is C13H16F3N. The second-order valence-corrected chi connectivity index (χ2v) is 4.76. The first-order valence-corrected chi connectivity index (χ1v) is 5.81. The number of halogens is 3. The Morgan fingerprint density at radius 1 is 1.24 bits per heavy atom. The quantitative estimate of drug-likeness (QED) is 0.730. The highest BCUT2D eigenvalue weighted by atomic mass is 19.4. The van der Waals surface area contributed by atoms with Gasteiger partial charge < -0.3 is 0 Å². The van der Waals surface area contributed by atoms with Gasteiger partial charge in [0, 0.05) is 19.1 Å². The molecule has 0 saturated carbocycles. The van der Waals surface area contributed by atoms with Gasteiger partial charge in [0.05, 0.1) is 5.56 Å². The molecule has 0 saturated heterocycles. The van der Waals surface area contributed by atoms with Crippen LogP contribution in [0.25, 0.3) is 0 Å². The first-order chi connectivity index (χ1) is 7.89. The fourth-order valence-electron chi connectivity index (χ4n) is 2.31. The first kappa shape index (κ1) is 12.4. The average Bonchev–Trinajstić information content (AvgIpc) is 2.26. The Kier molecular flexibility index (Phi) is 3.17. The van der Waals surface area contributed by atoms with E-state index in [1.807, 2.05) is 19.9 Å². The van der Waals surface area contributed by atoms with E-state index in [9.17, 15) is 13.2 Å². The highest BCUT2D eigenvalue weighted by Crippen LogP contribution is 2.35. The lowest BCUT2D eigenvalue weighted by atomic mass is 9.94. The van der Waals surface area contributed by atoms with Crippen LogP contribution in [-0.2, 0) is 19.1 Å². The molecule has 1 aliphatic heterocycles. The fraction of sp³-hybridized carbons (Fsp3) is 0.538. The van der Waals surface area contributed by atoms with Crippen LogP contribution < -0.4 is 0 Å². The summed E-state index contributed by atoms with van der Waals surface area (Å²) >= 11 is 0. The molecule has 0 aromatic heterocycles. The molecule has 2 rings (SSSR count). The van der Waals surface area contributed by atoms with E-state index < -0.39 is 11.7 Å². The lowest BCUT2D eigenvalue weighted by Crippen LogP contribution is -2.37. The maximum absolute atomic E-state index is 12.9. The van der Waals surface area contributed by atoms with Crippen molar-refractivity contribution in [1.82, 2.24) is 4.90 Å². The zero-order chi connectivity index (χ0) is 12.6. The summed E-state index contributed by atoms with van der Waals surface area (Å²) in [5, 5.41) is 0. The number of nitrogens with zero attached hydrogens (tertiary/aromatic N) is 1. The van der Waals surface area contributed by atoms with Gasteiger partial charge in [0.15, 0.2) is 0 Å². The lowest BCUT2D eigenvalue weighted by Gasteiger charge is -2.33. The maximum atomic E-state index is 12.9. The minimum absolute atomic E-state index is 0.282. The van der Waals surface area contributed by atoms with E-state index in [-0.39, 0.29) is 6.04 Å². The molecule has 17 heavy (non-hydrogen) atoms. The Morgan fingerprint density at radius 2 is 1.94 bits per heavy atom. The Labute approximate surface area is 99.2 Å². The van der Waals surface area contributed by atoms with Crippen molar-refractivity contribution in [3.63, 3.8) is 0 Å². The molecule has 0 unspecified atom stereocenters. The summed E-state index contributed by atoms with van der Waals surface area (Å²) in [5.74, 6) is 0. The zero-order valence-electron chi connectivity index (χ0n) is 10.0. The van der Waals surface area contributed by atoms with Crippen LogP contribution >= 0.6 is 0 Å². The summed E-state index contributed by atoms with van der Waals surface area (Å²) in [6.45, 7) is 5.27. The Hall–Kier alpha value is -1.03. The van der Waals surface area contributed by atoms with Crippen molar-refractivity contribution in [2.75, 3.05) is 6.54 Å². The van der Waals surface area contributed by atoms with E-state index in [2.05, 4.69) is 4.90 Å². The molecule has 1 aliphatic rings. The summed E-state index contributed by atoms with van der Waals surface area (Å²) in [6, 6.07) is 4.78. The molecule has 1 nitrogen and oxygen atoms in total. The average molecular weight is 243 g/mol. The number of hydrogen-bond acceptors (Lipinski definition) is 1. The SMILES string of the molecule is CC(C)N1CCc2cccc(C(F)(F)F)c2C1.